The van der Waals surface area contributed by atoms with Gasteiger partial charge < -0.3 is 14.8 Å². The highest BCUT2D eigenvalue weighted by Gasteiger charge is 2.32. The second kappa shape index (κ2) is 8.81. The summed E-state index contributed by atoms with van der Waals surface area (Å²) in [6.07, 6.45) is 0.525. The van der Waals surface area contributed by atoms with Crippen LogP contribution in [0, 0.1) is 6.92 Å². The summed E-state index contributed by atoms with van der Waals surface area (Å²) in [4.78, 5) is 24.8. The van der Waals surface area contributed by atoms with Gasteiger partial charge in [-0.3, -0.25) is 4.79 Å². The van der Waals surface area contributed by atoms with Gasteiger partial charge in [0.1, 0.15) is 11.3 Å². The van der Waals surface area contributed by atoms with Crippen LogP contribution in [0.4, 0.5) is 11.4 Å². The number of aryl methyl sites for hydroxylation is 1. The van der Waals surface area contributed by atoms with E-state index in [-0.39, 0.29) is 29.1 Å². The molecule has 1 aliphatic rings. The monoisotopic (exact) mass is 489 g/mol. The molecule has 180 valence electrons. The van der Waals surface area contributed by atoms with Crippen molar-refractivity contribution in [2.75, 3.05) is 35.8 Å². The molecule has 1 atom stereocenters. The third-order valence-electron chi connectivity index (χ3n) is 6.35. The Balaban J connectivity index is 1.62. The molecule has 0 saturated carbocycles. The first-order valence-corrected chi connectivity index (χ1v) is 13.3. The van der Waals surface area contributed by atoms with Crippen molar-refractivity contribution < 1.29 is 13.2 Å². The Labute approximate surface area is 204 Å². The van der Waals surface area contributed by atoms with E-state index in [9.17, 15) is 13.2 Å². The molecule has 0 bridgehead atoms. The lowest BCUT2D eigenvalue weighted by Crippen LogP contribution is -2.16. The summed E-state index contributed by atoms with van der Waals surface area (Å²) in [5, 5.41) is 2.94. The van der Waals surface area contributed by atoms with Gasteiger partial charge in [0.05, 0.1) is 28.8 Å². The Morgan fingerprint density at radius 1 is 1.06 bits per heavy atom. The predicted molar refractivity (Wildman–Crippen MR) is 139 cm³/mol. The van der Waals surface area contributed by atoms with Crippen molar-refractivity contribution in [2.24, 2.45) is 0 Å². The molecule has 8 nitrogen and oxygen atoms in total. The molecule has 1 N–H and O–H groups in total. The SMILES string of the molecule is Cc1nc2c(C(=O)Nc3ccc(N(C)C)cc3)nc(-c3ccccc3)cc2n1[C@H]1CCS(=O)(=O)C1. The van der Waals surface area contributed by atoms with Crippen LogP contribution in [0.5, 0.6) is 0 Å². The number of imidazole rings is 1. The fourth-order valence-corrected chi connectivity index (χ4v) is 6.30. The van der Waals surface area contributed by atoms with Gasteiger partial charge in [-0.25, -0.2) is 18.4 Å². The largest absolute Gasteiger partial charge is 0.378 e. The van der Waals surface area contributed by atoms with Crippen molar-refractivity contribution in [1.82, 2.24) is 14.5 Å². The van der Waals surface area contributed by atoms with Crippen molar-refractivity contribution in [3.8, 4) is 11.3 Å². The van der Waals surface area contributed by atoms with Crippen LogP contribution in [0.1, 0.15) is 28.8 Å². The zero-order valence-corrected chi connectivity index (χ0v) is 20.7. The highest BCUT2D eigenvalue weighted by atomic mass is 32.2. The molecule has 0 unspecified atom stereocenters. The fraction of sp³-hybridized carbons (Fsp3) is 0.269. The standard InChI is InChI=1S/C26H27N5O3S/c1-17-27-24-23(31(17)21-13-14-35(33,34)16-21)15-22(18-7-5-4-6-8-18)29-25(24)26(32)28-19-9-11-20(12-10-19)30(2)3/h4-12,15,21H,13-14,16H2,1-3H3,(H,28,32)/t21-/m0/s1. The molecule has 5 rings (SSSR count). The van der Waals surface area contributed by atoms with Crippen LogP contribution in [0.2, 0.25) is 0 Å². The molecule has 1 aliphatic heterocycles. The molecule has 2 aromatic heterocycles. The zero-order chi connectivity index (χ0) is 24.7. The van der Waals surface area contributed by atoms with Crippen LogP contribution < -0.4 is 10.2 Å². The van der Waals surface area contributed by atoms with Gasteiger partial charge in [-0.1, -0.05) is 30.3 Å². The Morgan fingerprint density at radius 2 is 1.77 bits per heavy atom. The van der Waals surface area contributed by atoms with Gasteiger partial charge in [0, 0.05) is 31.0 Å². The third kappa shape index (κ3) is 4.51. The van der Waals surface area contributed by atoms with Crippen LogP contribution in [0.3, 0.4) is 0 Å². The van der Waals surface area contributed by atoms with E-state index in [0.717, 1.165) is 11.3 Å². The van der Waals surface area contributed by atoms with Crippen molar-refractivity contribution >= 4 is 38.2 Å². The number of aromatic nitrogens is 3. The molecule has 1 amide bonds. The fourth-order valence-electron chi connectivity index (χ4n) is 4.60. The van der Waals surface area contributed by atoms with Gasteiger partial charge in [-0.15, -0.1) is 0 Å². The number of sulfone groups is 1. The highest BCUT2D eigenvalue weighted by molar-refractivity contribution is 7.91. The van der Waals surface area contributed by atoms with E-state index in [0.29, 0.717) is 34.7 Å². The van der Waals surface area contributed by atoms with Crippen LogP contribution in [0.15, 0.2) is 60.7 Å². The first kappa shape index (κ1) is 23.0. The number of carbonyl (C=O) groups is 1. The number of nitrogens with one attached hydrogen (secondary N) is 1. The van der Waals surface area contributed by atoms with Gasteiger partial charge in [0.15, 0.2) is 15.5 Å². The van der Waals surface area contributed by atoms with E-state index in [4.69, 9.17) is 4.98 Å². The molecule has 4 aromatic rings. The van der Waals surface area contributed by atoms with Crippen LogP contribution in [-0.2, 0) is 9.84 Å². The maximum Gasteiger partial charge on any atom is 0.276 e. The average molecular weight is 490 g/mol. The summed E-state index contributed by atoms with van der Waals surface area (Å²) in [7, 11) is 0.819. The summed E-state index contributed by atoms with van der Waals surface area (Å²) < 4.78 is 26.4. The number of rotatable bonds is 5. The Hall–Kier alpha value is -3.72. The van der Waals surface area contributed by atoms with E-state index in [1.54, 1.807) is 0 Å². The summed E-state index contributed by atoms with van der Waals surface area (Å²) in [6.45, 7) is 1.84. The molecule has 9 heteroatoms. The Morgan fingerprint density at radius 3 is 2.40 bits per heavy atom. The molecule has 35 heavy (non-hydrogen) atoms. The lowest BCUT2D eigenvalue weighted by Gasteiger charge is -2.15. The van der Waals surface area contributed by atoms with E-state index in [2.05, 4.69) is 10.3 Å². The summed E-state index contributed by atoms with van der Waals surface area (Å²) in [5.41, 5.74) is 4.56. The Bertz CT molecular complexity index is 1510. The van der Waals surface area contributed by atoms with Gasteiger partial charge in [0.2, 0.25) is 0 Å². The minimum absolute atomic E-state index is 0.0715. The maximum absolute atomic E-state index is 13.4. The number of carbonyl (C=O) groups excluding carboxylic acids is 1. The van der Waals surface area contributed by atoms with Crippen LogP contribution in [-0.4, -0.2) is 54.5 Å². The van der Waals surface area contributed by atoms with Crippen molar-refractivity contribution in [1.29, 1.82) is 0 Å². The smallest absolute Gasteiger partial charge is 0.276 e. The second-order valence-corrected chi connectivity index (χ2v) is 11.3. The topological polar surface area (TPSA) is 97.2 Å². The second-order valence-electron chi connectivity index (χ2n) is 9.07. The molecule has 1 saturated heterocycles. The van der Waals surface area contributed by atoms with Crippen molar-refractivity contribution in [2.45, 2.75) is 19.4 Å². The van der Waals surface area contributed by atoms with Crippen molar-refractivity contribution in [3.05, 3.63) is 72.2 Å². The van der Waals surface area contributed by atoms with E-state index < -0.39 is 9.84 Å². The number of anilines is 2. The number of fused-ring (bicyclic) bond motifs is 1. The maximum atomic E-state index is 13.4. The first-order valence-electron chi connectivity index (χ1n) is 11.5. The van der Waals surface area contributed by atoms with Gasteiger partial charge in [-0.05, 0) is 43.7 Å². The van der Waals surface area contributed by atoms with Gasteiger partial charge in [0.25, 0.3) is 5.91 Å². The summed E-state index contributed by atoms with van der Waals surface area (Å²) in [5.74, 6) is 0.527. The number of hydrogen-bond acceptors (Lipinski definition) is 6. The molecule has 0 aliphatic carbocycles. The number of pyridine rings is 1. The van der Waals surface area contributed by atoms with E-state index in [1.165, 1.54) is 0 Å². The lowest BCUT2D eigenvalue weighted by molar-refractivity contribution is 0.102. The number of benzene rings is 2. The van der Waals surface area contributed by atoms with Crippen LogP contribution >= 0.6 is 0 Å². The molecule has 0 spiro atoms. The lowest BCUT2D eigenvalue weighted by atomic mass is 10.1. The molecule has 1 fully saturated rings. The minimum atomic E-state index is -3.09. The number of amides is 1. The van der Waals surface area contributed by atoms with E-state index >= 15 is 0 Å². The van der Waals surface area contributed by atoms with Gasteiger partial charge in [-0.2, -0.15) is 0 Å². The first-order chi connectivity index (χ1) is 16.7. The van der Waals surface area contributed by atoms with Gasteiger partial charge >= 0.3 is 0 Å². The molecule has 2 aromatic carbocycles. The third-order valence-corrected chi connectivity index (χ3v) is 8.10. The highest BCUT2D eigenvalue weighted by Crippen LogP contribution is 2.32. The predicted octanol–water partition coefficient (Wildman–Crippen LogP) is 4.08. The molecular formula is C26H27N5O3S. The summed E-state index contributed by atoms with van der Waals surface area (Å²) in [6, 6.07) is 18.9. The number of hydrogen-bond donors (Lipinski definition) is 1. The zero-order valence-electron chi connectivity index (χ0n) is 19.9. The van der Waals surface area contributed by atoms with Crippen LogP contribution in [0.25, 0.3) is 22.3 Å². The normalized spacial score (nSPS) is 16.9. The number of nitrogens with zero attached hydrogens (tertiary/aromatic N) is 4. The molecular weight excluding hydrogens is 462 g/mol. The van der Waals surface area contributed by atoms with E-state index in [1.807, 2.05) is 91.1 Å². The van der Waals surface area contributed by atoms with Crippen molar-refractivity contribution in [3.63, 3.8) is 0 Å². The average Bonchev–Trinajstić information content (AvgIpc) is 3.36. The molecule has 3 heterocycles. The Kier molecular flexibility index (Phi) is 5.80. The summed E-state index contributed by atoms with van der Waals surface area (Å²) >= 11 is 0. The minimum Gasteiger partial charge on any atom is -0.378 e. The molecule has 0 radical (unpaired) electrons. The quantitative estimate of drug-likeness (QED) is 0.454.